The average molecular weight is 261 g/mol. The quantitative estimate of drug-likeness (QED) is 0.478. The Labute approximate surface area is 81.6 Å². The summed E-state index contributed by atoms with van der Waals surface area (Å²) in [5.74, 6) is 0.787. The van der Waals surface area contributed by atoms with Gasteiger partial charge < -0.3 is 3.11 Å². The van der Waals surface area contributed by atoms with Gasteiger partial charge in [-0.15, -0.1) is 0 Å². The topological polar surface area (TPSA) is 3.24 Å². The molecular weight excluding hydrogens is 249 g/mol. The lowest BCUT2D eigenvalue weighted by Gasteiger charge is -2.17. The zero-order valence-electron chi connectivity index (χ0n) is 6.68. The van der Waals surface area contributed by atoms with E-state index in [9.17, 15) is 0 Å². The van der Waals surface area contributed by atoms with Crippen LogP contribution in [0.4, 0.5) is 0 Å². The van der Waals surface area contributed by atoms with E-state index in [2.05, 4.69) is 45.1 Å². The molecule has 1 aliphatic heterocycles. The maximum absolute atomic E-state index is 2.40. The van der Waals surface area contributed by atoms with Gasteiger partial charge in [-0.2, -0.15) is 0 Å². The van der Waals surface area contributed by atoms with Crippen molar-refractivity contribution in [3.63, 3.8) is 0 Å². The molecule has 0 saturated carbocycles. The summed E-state index contributed by atoms with van der Waals surface area (Å²) < 4.78 is 2.33. The highest BCUT2D eigenvalue weighted by molar-refractivity contribution is 14.1. The lowest BCUT2D eigenvalue weighted by atomic mass is 9.91. The van der Waals surface area contributed by atoms with Crippen molar-refractivity contribution < 1.29 is 0 Å². The van der Waals surface area contributed by atoms with E-state index in [-0.39, 0.29) is 0 Å². The molecular formula is C9H12IN. The third-order valence-electron chi connectivity index (χ3n) is 2.53. The molecule has 2 aliphatic rings. The van der Waals surface area contributed by atoms with Crippen LogP contribution in [-0.2, 0) is 0 Å². The first-order valence-electron chi connectivity index (χ1n) is 4.12. The largest absolute Gasteiger partial charge is 0.315 e. The van der Waals surface area contributed by atoms with Crippen LogP contribution in [0.5, 0.6) is 0 Å². The monoisotopic (exact) mass is 261 g/mol. The molecule has 1 heterocycles. The molecule has 0 bridgehead atoms. The normalized spacial score (nSPS) is 29.6. The molecule has 0 aromatic heterocycles. The van der Waals surface area contributed by atoms with Crippen molar-refractivity contribution in [2.75, 3.05) is 6.54 Å². The molecule has 1 atom stereocenters. The molecule has 0 spiro atoms. The summed E-state index contributed by atoms with van der Waals surface area (Å²) in [7, 11) is 0. The molecule has 60 valence electrons. The van der Waals surface area contributed by atoms with Crippen molar-refractivity contribution in [2.45, 2.75) is 19.8 Å². The molecule has 1 unspecified atom stereocenters. The minimum absolute atomic E-state index is 0.787. The first-order chi connectivity index (χ1) is 5.29. The zero-order valence-corrected chi connectivity index (χ0v) is 8.84. The van der Waals surface area contributed by atoms with Crippen molar-refractivity contribution in [3.05, 3.63) is 23.4 Å². The molecule has 11 heavy (non-hydrogen) atoms. The van der Waals surface area contributed by atoms with Gasteiger partial charge in [0.15, 0.2) is 0 Å². The molecule has 0 aromatic rings. The Balaban J connectivity index is 2.33. The summed E-state index contributed by atoms with van der Waals surface area (Å²) in [5.41, 5.74) is 3.14. The van der Waals surface area contributed by atoms with Gasteiger partial charge in [0.05, 0.1) is 22.9 Å². The van der Waals surface area contributed by atoms with Crippen LogP contribution in [-0.4, -0.2) is 9.66 Å². The molecule has 0 amide bonds. The second-order valence-electron chi connectivity index (χ2n) is 3.29. The van der Waals surface area contributed by atoms with Crippen LogP contribution in [0.15, 0.2) is 23.4 Å². The lowest BCUT2D eigenvalue weighted by molar-refractivity contribution is 0.664. The first-order valence-corrected chi connectivity index (χ1v) is 5.08. The summed E-state index contributed by atoms with van der Waals surface area (Å²) in [6.45, 7) is 3.54. The maximum atomic E-state index is 2.40. The van der Waals surface area contributed by atoms with Gasteiger partial charge in [0.1, 0.15) is 0 Å². The van der Waals surface area contributed by atoms with Crippen LogP contribution in [0.3, 0.4) is 0 Å². The van der Waals surface area contributed by atoms with Crippen molar-refractivity contribution in [1.29, 1.82) is 0 Å². The Morgan fingerprint density at radius 3 is 3.18 bits per heavy atom. The zero-order chi connectivity index (χ0) is 7.84. The van der Waals surface area contributed by atoms with Gasteiger partial charge in [-0.25, -0.2) is 0 Å². The summed E-state index contributed by atoms with van der Waals surface area (Å²) in [5, 5.41) is 0. The van der Waals surface area contributed by atoms with Crippen LogP contribution >= 0.6 is 22.9 Å². The molecule has 0 aromatic carbocycles. The second kappa shape index (κ2) is 2.81. The highest BCUT2D eigenvalue weighted by Crippen LogP contribution is 2.36. The Kier molecular flexibility index (Phi) is 1.95. The van der Waals surface area contributed by atoms with E-state index >= 15 is 0 Å². The number of allylic oxidation sites excluding steroid dienone is 2. The first kappa shape index (κ1) is 7.65. The maximum Gasteiger partial charge on any atom is 0.0591 e. The Morgan fingerprint density at radius 2 is 2.45 bits per heavy atom. The number of nitrogens with zero attached hydrogens (tertiary/aromatic N) is 1. The van der Waals surface area contributed by atoms with E-state index < -0.39 is 0 Å². The van der Waals surface area contributed by atoms with Crippen molar-refractivity contribution in [2.24, 2.45) is 5.92 Å². The van der Waals surface area contributed by atoms with Crippen LogP contribution in [0, 0.1) is 5.92 Å². The fourth-order valence-corrected chi connectivity index (χ4v) is 2.55. The van der Waals surface area contributed by atoms with E-state index in [1.807, 2.05) is 0 Å². The summed E-state index contributed by atoms with van der Waals surface area (Å²) in [6, 6.07) is 0. The molecule has 1 nitrogen and oxygen atoms in total. The van der Waals surface area contributed by atoms with Crippen LogP contribution in [0.2, 0.25) is 0 Å². The van der Waals surface area contributed by atoms with E-state index in [1.165, 1.54) is 25.1 Å². The van der Waals surface area contributed by atoms with Gasteiger partial charge in [0, 0.05) is 12.2 Å². The van der Waals surface area contributed by atoms with Crippen molar-refractivity contribution in [1.82, 2.24) is 3.11 Å². The third kappa shape index (κ3) is 1.21. The van der Waals surface area contributed by atoms with Crippen molar-refractivity contribution >= 4 is 22.9 Å². The highest BCUT2D eigenvalue weighted by Gasteiger charge is 2.24. The Morgan fingerprint density at radius 1 is 1.64 bits per heavy atom. The summed E-state index contributed by atoms with van der Waals surface area (Å²) in [6.07, 6.45) is 7.09. The van der Waals surface area contributed by atoms with Gasteiger partial charge >= 0.3 is 0 Å². The van der Waals surface area contributed by atoms with E-state index in [0.29, 0.717) is 0 Å². The Hall–Kier alpha value is 0.0100. The molecule has 0 radical (unpaired) electrons. The fourth-order valence-electron chi connectivity index (χ4n) is 1.84. The molecule has 2 rings (SSSR count). The number of hydrogen-bond donors (Lipinski definition) is 0. The molecule has 1 aliphatic carbocycles. The average Bonchev–Trinajstić information content (AvgIpc) is 2.35. The third-order valence-corrected chi connectivity index (χ3v) is 3.53. The summed E-state index contributed by atoms with van der Waals surface area (Å²) >= 11 is 2.40. The predicted molar refractivity (Wildman–Crippen MR) is 55.3 cm³/mol. The van der Waals surface area contributed by atoms with Gasteiger partial charge in [0.25, 0.3) is 0 Å². The van der Waals surface area contributed by atoms with E-state index in [4.69, 9.17) is 0 Å². The minimum atomic E-state index is 0.787. The SMILES string of the molecule is CC1CC=CC2=C1CCN2I. The van der Waals surface area contributed by atoms with E-state index in [0.717, 1.165) is 5.92 Å². The second-order valence-corrected chi connectivity index (χ2v) is 4.45. The van der Waals surface area contributed by atoms with Crippen LogP contribution < -0.4 is 0 Å². The number of halogens is 1. The molecule has 0 N–H and O–H groups in total. The molecule has 2 heteroatoms. The minimum Gasteiger partial charge on any atom is -0.315 e. The molecule has 0 fully saturated rings. The predicted octanol–water partition coefficient (Wildman–Crippen LogP) is 2.89. The van der Waals surface area contributed by atoms with Gasteiger partial charge in [-0.05, 0) is 30.4 Å². The summed E-state index contributed by atoms with van der Waals surface area (Å²) in [4.78, 5) is 0. The highest BCUT2D eigenvalue weighted by atomic mass is 127. The van der Waals surface area contributed by atoms with Gasteiger partial charge in [0.2, 0.25) is 0 Å². The van der Waals surface area contributed by atoms with Gasteiger partial charge in [-0.3, -0.25) is 0 Å². The molecule has 0 saturated heterocycles. The van der Waals surface area contributed by atoms with Crippen molar-refractivity contribution in [3.8, 4) is 0 Å². The van der Waals surface area contributed by atoms with Crippen LogP contribution in [0.1, 0.15) is 19.8 Å². The van der Waals surface area contributed by atoms with Crippen LogP contribution in [0.25, 0.3) is 0 Å². The number of rotatable bonds is 0. The number of hydrogen-bond acceptors (Lipinski definition) is 1. The van der Waals surface area contributed by atoms with Gasteiger partial charge in [-0.1, -0.05) is 13.0 Å². The smallest absolute Gasteiger partial charge is 0.0591 e. The standard InChI is InChI=1S/C9H12IN/c1-7-3-2-4-9-8(7)5-6-11(9)10/h2,4,7H,3,5-6H2,1H3. The van der Waals surface area contributed by atoms with E-state index in [1.54, 1.807) is 5.57 Å². The lowest BCUT2D eigenvalue weighted by Crippen LogP contribution is -2.06. The fraction of sp³-hybridized carbons (Fsp3) is 0.556. The Bertz CT molecular complexity index is 230.